The summed E-state index contributed by atoms with van der Waals surface area (Å²) in [5.74, 6) is 0.315. The Labute approximate surface area is 158 Å². The van der Waals surface area contributed by atoms with E-state index in [1.165, 1.54) is 11.6 Å². The van der Waals surface area contributed by atoms with Crippen molar-refractivity contribution in [2.24, 2.45) is 0 Å². The van der Waals surface area contributed by atoms with Crippen LogP contribution in [0.3, 0.4) is 0 Å². The first-order valence-corrected chi connectivity index (χ1v) is 8.78. The summed E-state index contributed by atoms with van der Waals surface area (Å²) in [5, 5.41) is 10.3. The molecule has 0 saturated carbocycles. The molecule has 0 N–H and O–H groups in total. The zero-order valence-corrected chi connectivity index (χ0v) is 15.1. The molecule has 0 aliphatic heterocycles. The minimum atomic E-state index is -1.20. The third-order valence-corrected chi connectivity index (χ3v) is 4.18. The second-order valence-electron chi connectivity index (χ2n) is 6.17. The molecule has 3 rings (SSSR count). The highest BCUT2D eigenvalue weighted by atomic mass is 16.4. The molecule has 0 atom stereocenters. The molecule has 0 saturated heterocycles. The van der Waals surface area contributed by atoms with Crippen LogP contribution in [0.1, 0.15) is 22.6 Å². The first-order chi connectivity index (χ1) is 13.1. The van der Waals surface area contributed by atoms with Gasteiger partial charge in [-0.25, -0.2) is 4.98 Å². The van der Waals surface area contributed by atoms with Gasteiger partial charge < -0.3 is 14.3 Å². The van der Waals surface area contributed by atoms with E-state index in [-0.39, 0.29) is 0 Å². The maximum absolute atomic E-state index is 10.3. The summed E-state index contributed by atoms with van der Waals surface area (Å²) in [6.07, 6.45) is 7.64. The third-order valence-electron chi connectivity index (χ3n) is 4.18. The van der Waals surface area contributed by atoms with Crippen molar-refractivity contribution in [3.05, 3.63) is 95.4 Å². The Bertz CT molecular complexity index is 951. The van der Waals surface area contributed by atoms with Gasteiger partial charge in [0.2, 0.25) is 5.89 Å². The van der Waals surface area contributed by atoms with Crippen molar-refractivity contribution in [3.8, 4) is 11.5 Å². The molecule has 136 valence electrons. The van der Waals surface area contributed by atoms with Crippen LogP contribution in [0.15, 0.2) is 77.2 Å². The summed E-state index contributed by atoms with van der Waals surface area (Å²) in [4.78, 5) is 14.9. The number of nitrogens with zero attached hydrogens (tertiary/aromatic N) is 1. The van der Waals surface area contributed by atoms with E-state index in [4.69, 9.17) is 4.42 Å². The van der Waals surface area contributed by atoms with Crippen LogP contribution in [0.2, 0.25) is 0 Å². The second kappa shape index (κ2) is 8.81. The molecular weight excluding hydrogens is 338 g/mol. The number of oxazole rings is 1. The fourth-order valence-electron chi connectivity index (χ4n) is 2.72. The van der Waals surface area contributed by atoms with E-state index < -0.39 is 5.97 Å². The highest BCUT2D eigenvalue weighted by Crippen LogP contribution is 2.22. The number of aromatic nitrogens is 1. The lowest BCUT2D eigenvalue weighted by molar-refractivity contribution is -0.297. The standard InChI is InChI=1S/C23H21NO3/c1-17-21(24-23(27-17)20-8-3-2-4-9-20)16-15-19-13-11-18(12-14-19)7-5-6-10-22(25)26/h2-14H,15-16H2,1H3,(H,25,26)/p-1/b7-5+,10-6+. The molecule has 3 aromatic rings. The highest BCUT2D eigenvalue weighted by Gasteiger charge is 2.11. The molecule has 4 nitrogen and oxygen atoms in total. The van der Waals surface area contributed by atoms with Crippen LogP contribution >= 0.6 is 0 Å². The van der Waals surface area contributed by atoms with Crippen molar-refractivity contribution in [1.29, 1.82) is 0 Å². The zero-order valence-electron chi connectivity index (χ0n) is 15.1. The van der Waals surface area contributed by atoms with Crippen molar-refractivity contribution in [2.75, 3.05) is 0 Å². The molecule has 1 aromatic heterocycles. The highest BCUT2D eigenvalue weighted by molar-refractivity contribution is 5.78. The SMILES string of the molecule is Cc1oc(-c2ccccc2)nc1CCc1ccc(/C=C/C=C/C(=O)[O-])cc1. The van der Waals surface area contributed by atoms with Crippen LogP contribution in [0, 0.1) is 6.92 Å². The molecular formula is C23H20NO3-. The van der Waals surface area contributed by atoms with Crippen LogP contribution in [0.5, 0.6) is 0 Å². The Morgan fingerprint density at radius 2 is 1.78 bits per heavy atom. The van der Waals surface area contributed by atoms with Crippen molar-refractivity contribution in [1.82, 2.24) is 4.98 Å². The number of carboxylic acids is 1. The Hall–Kier alpha value is -3.40. The van der Waals surface area contributed by atoms with Crippen LogP contribution < -0.4 is 5.11 Å². The summed E-state index contributed by atoms with van der Waals surface area (Å²) >= 11 is 0. The van der Waals surface area contributed by atoms with Gasteiger partial charge in [0.15, 0.2) is 0 Å². The first kappa shape index (κ1) is 18.4. The van der Waals surface area contributed by atoms with Crippen molar-refractivity contribution in [2.45, 2.75) is 19.8 Å². The van der Waals surface area contributed by atoms with E-state index in [1.54, 1.807) is 6.08 Å². The molecule has 4 heteroatoms. The number of hydrogen-bond donors (Lipinski definition) is 0. The average molecular weight is 358 g/mol. The van der Waals surface area contributed by atoms with Gasteiger partial charge in [-0.3, -0.25) is 0 Å². The van der Waals surface area contributed by atoms with Gasteiger partial charge in [0.25, 0.3) is 0 Å². The summed E-state index contributed by atoms with van der Waals surface area (Å²) in [5.41, 5.74) is 4.17. The molecule has 0 bridgehead atoms. The van der Waals surface area contributed by atoms with E-state index in [1.807, 2.05) is 55.5 Å². The predicted molar refractivity (Wildman–Crippen MR) is 104 cm³/mol. The minimum Gasteiger partial charge on any atom is -0.545 e. The van der Waals surface area contributed by atoms with E-state index in [2.05, 4.69) is 17.1 Å². The average Bonchev–Trinajstić information content (AvgIpc) is 3.06. The first-order valence-electron chi connectivity index (χ1n) is 8.78. The van der Waals surface area contributed by atoms with Crippen LogP contribution in [0.25, 0.3) is 17.5 Å². The van der Waals surface area contributed by atoms with Gasteiger partial charge in [-0.2, -0.15) is 0 Å². The number of carbonyl (C=O) groups excluding carboxylic acids is 1. The normalized spacial score (nSPS) is 11.4. The number of rotatable bonds is 7. The molecule has 0 amide bonds. The van der Waals surface area contributed by atoms with Gasteiger partial charge in [-0.05, 0) is 49.1 Å². The monoisotopic (exact) mass is 358 g/mol. The van der Waals surface area contributed by atoms with E-state index in [9.17, 15) is 9.90 Å². The maximum Gasteiger partial charge on any atom is 0.226 e. The third kappa shape index (κ3) is 5.28. The van der Waals surface area contributed by atoms with E-state index >= 15 is 0 Å². The molecule has 2 aromatic carbocycles. The van der Waals surface area contributed by atoms with Crippen LogP contribution in [-0.4, -0.2) is 11.0 Å². The Morgan fingerprint density at radius 1 is 1.04 bits per heavy atom. The topological polar surface area (TPSA) is 66.2 Å². The summed E-state index contributed by atoms with van der Waals surface area (Å²) in [6.45, 7) is 1.95. The molecule has 0 radical (unpaired) electrons. The van der Waals surface area contributed by atoms with Gasteiger partial charge in [0.1, 0.15) is 5.76 Å². The van der Waals surface area contributed by atoms with E-state index in [0.717, 1.165) is 41.5 Å². The largest absolute Gasteiger partial charge is 0.545 e. The Morgan fingerprint density at radius 3 is 2.48 bits per heavy atom. The van der Waals surface area contributed by atoms with E-state index in [0.29, 0.717) is 5.89 Å². The molecule has 27 heavy (non-hydrogen) atoms. The number of hydrogen-bond acceptors (Lipinski definition) is 4. The second-order valence-corrected chi connectivity index (χ2v) is 6.17. The van der Waals surface area contributed by atoms with Gasteiger partial charge in [0.05, 0.1) is 11.7 Å². The molecule has 0 aliphatic rings. The number of benzene rings is 2. The van der Waals surface area contributed by atoms with Gasteiger partial charge in [0, 0.05) is 5.56 Å². The minimum absolute atomic E-state index is 0.660. The van der Waals surface area contributed by atoms with Gasteiger partial charge in [-0.15, -0.1) is 0 Å². The Kier molecular flexibility index (Phi) is 6.00. The van der Waals surface area contributed by atoms with Gasteiger partial charge >= 0.3 is 0 Å². The molecule has 1 heterocycles. The number of carboxylic acid groups (broad SMARTS) is 1. The molecule has 0 spiro atoms. The fourth-order valence-corrected chi connectivity index (χ4v) is 2.72. The lowest BCUT2D eigenvalue weighted by Crippen LogP contribution is -2.18. The zero-order chi connectivity index (χ0) is 19.1. The summed E-state index contributed by atoms with van der Waals surface area (Å²) in [6, 6.07) is 18.0. The fraction of sp³-hybridized carbons (Fsp3) is 0.130. The summed E-state index contributed by atoms with van der Waals surface area (Å²) in [7, 11) is 0. The number of aliphatic carboxylic acids is 1. The quantitative estimate of drug-likeness (QED) is 0.476. The number of carbonyl (C=O) groups is 1. The van der Waals surface area contributed by atoms with Gasteiger partial charge in [-0.1, -0.05) is 60.7 Å². The predicted octanol–water partition coefficient (Wildman–Crippen LogP) is 3.75. The smallest absolute Gasteiger partial charge is 0.226 e. The Balaban J connectivity index is 1.60. The van der Waals surface area contributed by atoms with Crippen molar-refractivity contribution in [3.63, 3.8) is 0 Å². The van der Waals surface area contributed by atoms with Crippen molar-refractivity contribution >= 4 is 12.0 Å². The maximum atomic E-state index is 10.3. The number of allylic oxidation sites excluding steroid dienone is 2. The molecule has 0 aliphatic carbocycles. The van der Waals surface area contributed by atoms with Crippen LogP contribution in [-0.2, 0) is 17.6 Å². The molecule has 0 unspecified atom stereocenters. The number of aryl methyl sites for hydroxylation is 3. The summed E-state index contributed by atoms with van der Waals surface area (Å²) < 4.78 is 5.81. The molecule has 0 fully saturated rings. The lowest BCUT2D eigenvalue weighted by Gasteiger charge is -2.01. The van der Waals surface area contributed by atoms with Crippen LogP contribution in [0.4, 0.5) is 0 Å². The van der Waals surface area contributed by atoms with Crippen molar-refractivity contribution < 1.29 is 14.3 Å². The lowest BCUT2D eigenvalue weighted by atomic mass is 10.1.